The lowest BCUT2D eigenvalue weighted by Gasteiger charge is -2.12. The second kappa shape index (κ2) is 9.35. The van der Waals surface area contributed by atoms with E-state index in [0.717, 1.165) is 56.5 Å². The number of tetrazole rings is 1. The Hall–Kier alpha value is -2.82. The lowest BCUT2D eigenvalue weighted by Crippen LogP contribution is -2.16. The molecule has 1 aliphatic carbocycles. The molecule has 3 aromatic rings. The first-order chi connectivity index (χ1) is 15.7. The van der Waals surface area contributed by atoms with Crippen molar-refractivity contribution in [2.24, 2.45) is 0 Å². The number of halogens is 1. The molecule has 2 aliphatic rings. The molecular formula is C21H25FN8OS. The molecule has 0 radical (unpaired) electrons. The van der Waals surface area contributed by atoms with Gasteiger partial charge in [0.15, 0.2) is 5.82 Å². The fraction of sp³-hybridized carbons (Fsp3) is 0.524. The number of carbonyl (C=O) groups is 1. The highest BCUT2D eigenvalue weighted by molar-refractivity contribution is 7.99. The van der Waals surface area contributed by atoms with E-state index in [4.69, 9.17) is 0 Å². The Bertz CT molecular complexity index is 1110. The first kappa shape index (κ1) is 21.0. The van der Waals surface area contributed by atoms with Crippen LogP contribution < -0.4 is 5.32 Å². The van der Waals surface area contributed by atoms with Crippen molar-refractivity contribution < 1.29 is 9.18 Å². The van der Waals surface area contributed by atoms with Crippen molar-refractivity contribution in [2.75, 3.05) is 11.1 Å². The minimum absolute atomic E-state index is 0.0943. The molecule has 0 saturated heterocycles. The predicted molar refractivity (Wildman–Crippen MR) is 118 cm³/mol. The molecule has 1 N–H and O–H groups in total. The van der Waals surface area contributed by atoms with E-state index in [0.29, 0.717) is 17.0 Å². The average Bonchev–Trinajstić information content (AvgIpc) is 3.53. The van der Waals surface area contributed by atoms with E-state index < -0.39 is 5.82 Å². The Morgan fingerprint density at radius 2 is 2.00 bits per heavy atom. The number of hydrogen-bond donors (Lipinski definition) is 1. The minimum Gasteiger partial charge on any atom is -0.323 e. The van der Waals surface area contributed by atoms with Gasteiger partial charge in [0.2, 0.25) is 11.1 Å². The van der Waals surface area contributed by atoms with Crippen molar-refractivity contribution in [1.82, 2.24) is 35.0 Å². The fourth-order valence-corrected chi connectivity index (χ4v) is 5.18. The summed E-state index contributed by atoms with van der Waals surface area (Å²) in [6.45, 7) is 0.850. The predicted octanol–water partition coefficient (Wildman–Crippen LogP) is 3.64. The van der Waals surface area contributed by atoms with Crippen LogP contribution >= 0.6 is 11.8 Å². The van der Waals surface area contributed by atoms with E-state index in [-0.39, 0.29) is 17.3 Å². The van der Waals surface area contributed by atoms with Gasteiger partial charge in [-0.15, -0.1) is 15.3 Å². The number of thioether (sulfide) groups is 1. The first-order valence-corrected chi connectivity index (χ1v) is 12.1. The van der Waals surface area contributed by atoms with Crippen molar-refractivity contribution in [1.29, 1.82) is 0 Å². The standard InChI is InChI=1S/C21H25FN8OS/c22-16-10-9-14(20-25-24-18-8-2-1-5-11-29(18)20)12-17(16)23-19(31)13-32-21-26-27-28-30(21)15-6-3-4-7-15/h9-10,12,15H,1-8,11,13H2,(H,23,31). The number of rotatable bonds is 6. The third kappa shape index (κ3) is 4.38. The molecule has 0 bridgehead atoms. The lowest BCUT2D eigenvalue weighted by atomic mass is 10.1. The second-order valence-corrected chi connectivity index (χ2v) is 9.22. The molecule has 5 rings (SSSR count). The smallest absolute Gasteiger partial charge is 0.234 e. The lowest BCUT2D eigenvalue weighted by molar-refractivity contribution is -0.113. The molecule has 3 heterocycles. The third-order valence-corrected chi connectivity index (χ3v) is 7.01. The van der Waals surface area contributed by atoms with E-state index in [9.17, 15) is 9.18 Å². The molecule has 0 spiro atoms. The van der Waals surface area contributed by atoms with Crippen molar-refractivity contribution in [3.8, 4) is 11.4 Å². The van der Waals surface area contributed by atoms with Crippen LogP contribution in [0, 0.1) is 5.82 Å². The number of hydrogen-bond acceptors (Lipinski definition) is 7. The number of nitrogens with one attached hydrogen (secondary N) is 1. The van der Waals surface area contributed by atoms with Crippen molar-refractivity contribution in [3.05, 3.63) is 29.8 Å². The molecule has 0 atom stereocenters. The summed E-state index contributed by atoms with van der Waals surface area (Å²) in [6, 6.07) is 4.96. The highest BCUT2D eigenvalue weighted by Gasteiger charge is 2.22. The van der Waals surface area contributed by atoms with E-state index >= 15 is 0 Å². The van der Waals surface area contributed by atoms with Gasteiger partial charge in [-0.2, -0.15) is 0 Å². The maximum atomic E-state index is 14.5. The van der Waals surface area contributed by atoms with Gasteiger partial charge in [0.25, 0.3) is 0 Å². The summed E-state index contributed by atoms with van der Waals surface area (Å²) in [5.41, 5.74) is 0.870. The van der Waals surface area contributed by atoms with Crippen molar-refractivity contribution in [3.63, 3.8) is 0 Å². The molecule has 1 aliphatic heterocycles. The van der Waals surface area contributed by atoms with Crippen LogP contribution in [0.15, 0.2) is 23.4 Å². The van der Waals surface area contributed by atoms with Gasteiger partial charge in [-0.3, -0.25) is 4.79 Å². The fourth-order valence-electron chi connectivity index (χ4n) is 4.43. The Kier molecular flexibility index (Phi) is 6.15. The molecule has 11 heteroatoms. The van der Waals surface area contributed by atoms with Gasteiger partial charge in [-0.25, -0.2) is 9.07 Å². The van der Waals surface area contributed by atoms with Gasteiger partial charge in [0.05, 0.1) is 17.5 Å². The molecule has 9 nitrogen and oxygen atoms in total. The van der Waals surface area contributed by atoms with Crippen LogP contribution in [0.4, 0.5) is 10.1 Å². The van der Waals surface area contributed by atoms with Gasteiger partial charge in [-0.05, 0) is 54.3 Å². The van der Waals surface area contributed by atoms with Crippen molar-refractivity contribution in [2.45, 2.75) is 69.1 Å². The number of amides is 1. The van der Waals surface area contributed by atoms with E-state index in [1.165, 1.54) is 30.7 Å². The van der Waals surface area contributed by atoms with E-state index in [1.807, 2.05) is 4.68 Å². The number of nitrogens with zero attached hydrogens (tertiary/aromatic N) is 7. The van der Waals surface area contributed by atoms with E-state index in [2.05, 4.69) is 35.6 Å². The summed E-state index contributed by atoms with van der Waals surface area (Å²) in [5, 5.41) is 23.8. The largest absolute Gasteiger partial charge is 0.323 e. The molecular weight excluding hydrogens is 431 g/mol. The zero-order valence-corrected chi connectivity index (χ0v) is 18.5. The maximum absolute atomic E-state index is 14.5. The summed E-state index contributed by atoms with van der Waals surface area (Å²) in [4.78, 5) is 12.6. The SMILES string of the molecule is O=C(CSc1nnnn1C1CCCC1)Nc1cc(-c2nnc3n2CCCCC3)ccc1F. The van der Waals surface area contributed by atoms with Crippen LogP contribution in [0.1, 0.15) is 56.8 Å². The molecule has 2 aromatic heterocycles. The van der Waals surface area contributed by atoms with Crippen LogP contribution in [-0.4, -0.2) is 46.6 Å². The van der Waals surface area contributed by atoms with Crippen LogP contribution in [0.2, 0.25) is 0 Å². The number of aromatic nitrogens is 7. The van der Waals surface area contributed by atoms with Gasteiger partial charge in [0.1, 0.15) is 11.6 Å². The second-order valence-electron chi connectivity index (χ2n) is 8.28. The highest BCUT2D eigenvalue weighted by atomic mass is 32.2. The normalized spacial score (nSPS) is 16.7. The summed E-state index contributed by atoms with van der Waals surface area (Å²) in [5.74, 6) is 0.966. The summed E-state index contributed by atoms with van der Waals surface area (Å²) in [6.07, 6.45) is 8.67. The third-order valence-electron chi connectivity index (χ3n) is 6.07. The van der Waals surface area contributed by atoms with Crippen LogP contribution in [0.5, 0.6) is 0 Å². The van der Waals surface area contributed by atoms with Gasteiger partial charge in [0, 0.05) is 18.5 Å². The molecule has 1 amide bonds. The number of fused-ring (bicyclic) bond motifs is 1. The zero-order valence-electron chi connectivity index (χ0n) is 17.7. The van der Waals surface area contributed by atoms with Crippen LogP contribution in [0.25, 0.3) is 11.4 Å². The quantitative estimate of drug-likeness (QED) is 0.565. The average molecular weight is 457 g/mol. The first-order valence-electron chi connectivity index (χ1n) is 11.1. The molecule has 1 aromatic carbocycles. The summed E-state index contributed by atoms with van der Waals surface area (Å²) < 4.78 is 18.4. The molecule has 1 fully saturated rings. The van der Waals surface area contributed by atoms with Crippen LogP contribution in [-0.2, 0) is 17.8 Å². The Balaban J connectivity index is 1.27. The summed E-state index contributed by atoms with van der Waals surface area (Å²) >= 11 is 1.26. The van der Waals surface area contributed by atoms with Crippen LogP contribution in [0.3, 0.4) is 0 Å². The molecule has 0 unspecified atom stereocenters. The molecule has 32 heavy (non-hydrogen) atoms. The Morgan fingerprint density at radius 1 is 1.12 bits per heavy atom. The maximum Gasteiger partial charge on any atom is 0.234 e. The minimum atomic E-state index is -0.488. The van der Waals surface area contributed by atoms with Gasteiger partial charge < -0.3 is 9.88 Å². The summed E-state index contributed by atoms with van der Waals surface area (Å²) in [7, 11) is 0. The zero-order chi connectivity index (χ0) is 21.9. The Labute approximate surface area is 189 Å². The number of anilines is 1. The molecule has 1 saturated carbocycles. The number of carbonyl (C=O) groups excluding carboxylic acids is 1. The highest BCUT2D eigenvalue weighted by Crippen LogP contribution is 2.31. The Morgan fingerprint density at radius 3 is 2.88 bits per heavy atom. The van der Waals surface area contributed by atoms with Crippen molar-refractivity contribution >= 4 is 23.4 Å². The van der Waals surface area contributed by atoms with Gasteiger partial charge >= 0.3 is 0 Å². The number of aryl methyl sites for hydroxylation is 1. The number of benzene rings is 1. The molecule has 168 valence electrons. The van der Waals surface area contributed by atoms with Gasteiger partial charge in [-0.1, -0.05) is 31.0 Å². The monoisotopic (exact) mass is 456 g/mol. The topological polar surface area (TPSA) is 103 Å². The van der Waals surface area contributed by atoms with E-state index in [1.54, 1.807) is 12.1 Å².